The number of amides is 1. The molecule has 6 heteroatoms. The van der Waals surface area contributed by atoms with E-state index in [1.165, 1.54) is 12.1 Å². The first-order chi connectivity index (χ1) is 10.6. The summed E-state index contributed by atoms with van der Waals surface area (Å²) < 4.78 is 14.8. The maximum Gasteiger partial charge on any atom is 0.224 e. The molecule has 1 amide bonds. The number of aromatic nitrogens is 1. The van der Waals surface area contributed by atoms with E-state index >= 15 is 0 Å². The number of carbonyl (C=O) groups excluding carboxylic acids is 1. The minimum absolute atomic E-state index is 0.0102. The van der Waals surface area contributed by atoms with Crippen LogP contribution >= 0.6 is 22.9 Å². The number of aryl methyl sites for hydroxylation is 1. The normalized spacial score (nSPS) is 10.8. The number of anilines is 1. The molecule has 0 bridgehead atoms. The Morgan fingerprint density at radius 3 is 2.86 bits per heavy atom. The molecule has 0 aliphatic carbocycles. The molecule has 0 saturated heterocycles. The maximum absolute atomic E-state index is 13.7. The summed E-state index contributed by atoms with van der Waals surface area (Å²) in [6.07, 6.45) is 0.763. The van der Waals surface area contributed by atoms with Gasteiger partial charge in [0, 0.05) is 12.8 Å². The van der Waals surface area contributed by atoms with Crippen LogP contribution in [0.25, 0.3) is 10.2 Å². The number of para-hydroxylation sites is 1. The molecule has 0 aliphatic rings. The van der Waals surface area contributed by atoms with Gasteiger partial charge in [0.05, 0.1) is 25.9 Å². The fourth-order valence-electron chi connectivity index (χ4n) is 2.06. The number of nitrogens with zero attached hydrogens (tertiary/aromatic N) is 1. The summed E-state index contributed by atoms with van der Waals surface area (Å²) in [6, 6.07) is 12.3. The number of fused-ring (bicyclic) bond motifs is 1. The van der Waals surface area contributed by atoms with E-state index in [0.717, 1.165) is 15.2 Å². The zero-order valence-electron chi connectivity index (χ0n) is 11.5. The van der Waals surface area contributed by atoms with E-state index in [2.05, 4.69) is 10.3 Å². The molecule has 112 valence electrons. The summed E-state index contributed by atoms with van der Waals surface area (Å²) in [5.41, 5.74) is 1.03. The third-order valence-corrected chi connectivity index (χ3v) is 4.52. The highest BCUT2D eigenvalue weighted by Crippen LogP contribution is 2.24. The first-order valence-corrected chi connectivity index (χ1v) is 7.91. The van der Waals surface area contributed by atoms with E-state index < -0.39 is 5.82 Å². The molecular weight excluding hydrogens is 323 g/mol. The van der Waals surface area contributed by atoms with E-state index in [0.29, 0.717) is 6.42 Å². The van der Waals surface area contributed by atoms with E-state index in [1.54, 1.807) is 17.4 Å². The Bertz CT molecular complexity index is 801. The Hall–Kier alpha value is -1.98. The monoisotopic (exact) mass is 334 g/mol. The number of hydrogen-bond donors (Lipinski definition) is 1. The van der Waals surface area contributed by atoms with Gasteiger partial charge in [-0.2, -0.15) is 0 Å². The van der Waals surface area contributed by atoms with Crippen LogP contribution in [-0.2, 0) is 11.2 Å². The van der Waals surface area contributed by atoms with Crippen LogP contribution < -0.4 is 5.32 Å². The lowest BCUT2D eigenvalue weighted by atomic mass is 10.2. The molecule has 1 heterocycles. The van der Waals surface area contributed by atoms with Crippen molar-refractivity contribution < 1.29 is 9.18 Å². The Balaban J connectivity index is 1.63. The van der Waals surface area contributed by atoms with Crippen LogP contribution in [0.4, 0.5) is 10.1 Å². The van der Waals surface area contributed by atoms with Crippen LogP contribution in [0.2, 0.25) is 5.02 Å². The van der Waals surface area contributed by atoms with E-state index in [1.807, 2.05) is 24.3 Å². The fraction of sp³-hybridized carbons (Fsp3) is 0.125. The van der Waals surface area contributed by atoms with Crippen molar-refractivity contribution in [1.82, 2.24) is 4.98 Å². The SMILES string of the molecule is O=C(CCc1nc2ccccc2s1)Nc1cccc(Cl)c1F. The molecular formula is C16H12ClFN2OS. The quantitative estimate of drug-likeness (QED) is 0.754. The third kappa shape index (κ3) is 3.26. The number of thiazole rings is 1. The Kier molecular flexibility index (Phi) is 4.36. The van der Waals surface area contributed by atoms with Crippen LogP contribution in [0.3, 0.4) is 0 Å². The molecule has 1 N–H and O–H groups in total. The molecule has 3 nitrogen and oxygen atoms in total. The van der Waals surface area contributed by atoms with Gasteiger partial charge in [-0.1, -0.05) is 29.8 Å². The van der Waals surface area contributed by atoms with Crippen LogP contribution in [0, 0.1) is 5.82 Å². The average molecular weight is 335 g/mol. The topological polar surface area (TPSA) is 42.0 Å². The molecule has 0 saturated carbocycles. The Morgan fingerprint density at radius 1 is 1.23 bits per heavy atom. The molecule has 0 radical (unpaired) electrons. The largest absolute Gasteiger partial charge is 0.324 e. The summed E-state index contributed by atoms with van der Waals surface area (Å²) in [5, 5.41) is 3.41. The highest BCUT2D eigenvalue weighted by atomic mass is 35.5. The average Bonchev–Trinajstić information content (AvgIpc) is 2.93. The summed E-state index contributed by atoms with van der Waals surface area (Å²) in [5.74, 6) is -0.877. The molecule has 0 aliphatic heterocycles. The van der Waals surface area contributed by atoms with Gasteiger partial charge in [0.15, 0.2) is 5.82 Å². The van der Waals surface area contributed by atoms with Gasteiger partial charge in [-0.3, -0.25) is 4.79 Å². The third-order valence-electron chi connectivity index (χ3n) is 3.13. The zero-order valence-corrected chi connectivity index (χ0v) is 13.0. The van der Waals surface area contributed by atoms with E-state index in [-0.39, 0.29) is 23.0 Å². The zero-order chi connectivity index (χ0) is 15.5. The number of benzene rings is 2. The van der Waals surface area contributed by atoms with Gasteiger partial charge in [-0.15, -0.1) is 11.3 Å². The van der Waals surface area contributed by atoms with E-state index in [9.17, 15) is 9.18 Å². The molecule has 0 spiro atoms. The molecule has 3 rings (SSSR count). The molecule has 0 atom stereocenters. The van der Waals surface area contributed by atoms with Crippen molar-refractivity contribution in [2.45, 2.75) is 12.8 Å². The van der Waals surface area contributed by atoms with Gasteiger partial charge in [0.25, 0.3) is 0 Å². The first kappa shape index (κ1) is 14.9. The van der Waals surface area contributed by atoms with Crippen LogP contribution in [-0.4, -0.2) is 10.9 Å². The second-order valence-corrected chi connectivity index (χ2v) is 6.25. The number of carbonyl (C=O) groups is 1. The van der Waals surface area contributed by atoms with Crippen molar-refractivity contribution in [3.05, 3.63) is 58.3 Å². The lowest BCUT2D eigenvalue weighted by molar-refractivity contribution is -0.116. The molecule has 22 heavy (non-hydrogen) atoms. The summed E-state index contributed by atoms with van der Waals surface area (Å²) in [7, 11) is 0. The van der Waals surface area contributed by atoms with E-state index in [4.69, 9.17) is 11.6 Å². The summed E-state index contributed by atoms with van der Waals surface area (Å²) in [6.45, 7) is 0. The standard InChI is InChI=1S/C16H12ClFN2OS/c17-10-4-3-6-12(16(10)18)19-14(21)8-9-15-20-11-5-1-2-7-13(11)22-15/h1-7H,8-9H2,(H,19,21). The van der Waals surface area contributed by atoms with Gasteiger partial charge < -0.3 is 5.32 Å². The number of halogens is 2. The van der Waals surface area contributed by atoms with Crippen LogP contribution in [0.15, 0.2) is 42.5 Å². The Morgan fingerprint density at radius 2 is 2.05 bits per heavy atom. The second kappa shape index (κ2) is 6.42. The van der Waals surface area contributed by atoms with Crippen molar-refractivity contribution >= 4 is 44.7 Å². The highest BCUT2D eigenvalue weighted by Gasteiger charge is 2.11. The van der Waals surface area contributed by atoms with Gasteiger partial charge >= 0.3 is 0 Å². The van der Waals surface area contributed by atoms with Crippen molar-refractivity contribution in [1.29, 1.82) is 0 Å². The molecule has 1 aromatic heterocycles. The lowest BCUT2D eigenvalue weighted by Crippen LogP contribution is -2.13. The first-order valence-electron chi connectivity index (χ1n) is 6.72. The fourth-order valence-corrected chi connectivity index (χ4v) is 3.20. The number of nitrogens with one attached hydrogen (secondary N) is 1. The van der Waals surface area contributed by atoms with Crippen LogP contribution in [0.5, 0.6) is 0 Å². The van der Waals surface area contributed by atoms with Crippen LogP contribution in [0.1, 0.15) is 11.4 Å². The molecule has 2 aromatic carbocycles. The van der Waals surface area contributed by atoms with Gasteiger partial charge in [-0.25, -0.2) is 9.37 Å². The predicted octanol–water partition coefficient (Wildman–Crippen LogP) is 4.66. The molecule has 0 unspecified atom stereocenters. The number of hydrogen-bond acceptors (Lipinski definition) is 3. The molecule has 0 fully saturated rings. The minimum Gasteiger partial charge on any atom is -0.324 e. The van der Waals surface area contributed by atoms with Gasteiger partial charge in [-0.05, 0) is 24.3 Å². The molecule has 3 aromatic rings. The second-order valence-electron chi connectivity index (χ2n) is 4.72. The van der Waals surface area contributed by atoms with Gasteiger partial charge in [0.2, 0.25) is 5.91 Å². The maximum atomic E-state index is 13.7. The van der Waals surface area contributed by atoms with Crippen molar-refractivity contribution in [3.8, 4) is 0 Å². The predicted molar refractivity (Wildman–Crippen MR) is 88.0 cm³/mol. The lowest BCUT2D eigenvalue weighted by Gasteiger charge is -2.06. The van der Waals surface area contributed by atoms with Crippen molar-refractivity contribution in [2.75, 3.05) is 5.32 Å². The van der Waals surface area contributed by atoms with Crippen molar-refractivity contribution in [2.24, 2.45) is 0 Å². The summed E-state index contributed by atoms with van der Waals surface area (Å²) >= 11 is 7.25. The number of rotatable bonds is 4. The van der Waals surface area contributed by atoms with Gasteiger partial charge in [0.1, 0.15) is 0 Å². The smallest absolute Gasteiger partial charge is 0.224 e. The highest BCUT2D eigenvalue weighted by molar-refractivity contribution is 7.18. The summed E-state index contributed by atoms with van der Waals surface area (Å²) in [4.78, 5) is 16.4. The minimum atomic E-state index is -0.613. The Labute approximate surface area is 135 Å². The van der Waals surface area contributed by atoms with Crippen molar-refractivity contribution in [3.63, 3.8) is 0 Å².